The Kier molecular flexibility index (Phi) is 4.55. The van der Waals surface area contributed by atoms with Gasteiger partial charge in [0.25, 0.3) is 0 Å². The molecule has 1 saturated heterocycles. The van der Waals surface area contributed by atoms with Gasteiger partial charge in [0.1, 0.15) is 0 Å². The number of benzene rings is 1. The first-order chi connectivity index (χ1) is 8.70. The van der Waals surface area contributed by atoms with E-state index < -0.39 is 0 Å². The van der Waals surface area contributed by atoms with Crippen LogP contribution in [0.1, 0.15) is 25.3 Å². The van der Waals surface area contributed by atoms with E-state index >= 15 is 0 Å². The summed E-state index contributed by atoms with van der Waals surface area (Å²) in [7, 11) is 0. The number of aryl methyl sites for hydroxylation is 1. The van der Waals surface area contributed by atoms with E-state index in [-0.39, 0.29) is 0 Å². The first kappa shape index (κ1) is 13.3. The van der Waals surface area contributed by atoms with Crippen LogP contribution in [0.25, 0.3) is 0 Å². The number of hydrogen-bond donors (Lipinski definition) is 1. The van der Waals surface area contributed by atoms with Crippen molar-refractivity contribution in [3.63, 3.8) is 0 Å². The average molecular weight is 263 g/mol. The van der Waals surface area contributed by atoms with Crippen molar-refractivity contribution in [2.45, 2.75) is 26.7 Å². The molecule has 1 heterocycles. The second-order valence-electron chi connectivity index (χ2n) is 4.79. The lowest BCUT2D eigenvalue weighted by atomic mass is 10.2. The Bertz CT molecular complexity index is 402. The largest absolute Gasteiger partial charge is 0.349 e. The molecule has 2 rings (SSSR count). The van der Waals surface area contributed by atoms with Gasteiger partial charge in [-0.2, -0.15) is 0 Å². The normalized spacial score (nSPS) is 16.8. The molecule has 1 N–H and O–H groups in total. The Morgan fingerprint density at radius 2 is 2.00 bits per heavy atom. The van der Waals surface area contributed by atoms with Crippen LogP contribution in [-0.4, -0.2) is 29.9 Å². The van der Waals surface area contributed by atoms with Crippen LogP contribution >= 0.6 is 12.2 Å². The number of thiocarbonyl (C=S) groups is 1. The van der Waals surface area contributed by atoms with Crippen LogP contribution < -0.4 is 10.2 Å². The van der Waals surface area contributed by atoms with Crippen LogP contribution in [0.5, 0.6) is 0 Å². The lowest BCUT2D eigenvalue weighted by Gasteiger charge is -2.38. The second kappa shape index (κ2) is 6.16. The fraction of sp³-hybridized carbons (Fsp3) is 0.500. The number of nitrogens with one attached hydrogen (secondary N) is 1. The van der Waals surface area contributed by atoms with Crippen LogP contribution in [0, 0.1) is 6.92 Å². The monoisotopic (exact) mass is 263 g/mol. The fourth-order valence-corrected chi connectivity index (χ4v) is 2.27. The molecular weight excluding hydrogens is 242 g/mol. The zero-order chi connectivity index (χ0) is 13.0. The van der Waals surface area contributed by atoms with Gasteiger partial charge in [0.15, 0.2) is 5.11 Å². The average Bonchev–Trinajstić information content (AvgIpc) is 2.39. The highest BCUT2D eigenvalue weighted by molar-refractivity contribution is 7.80. The fourth-order valence-electron chi connectivity index (χ4n) is 2.04. The number of rotatable bonds is 4. The van der Waals surface area contributed by atoms with Crippen molar-refractivity contribution < 1.29 is 0 Å². The SMILES string of the molecule is CCCCN1CNC(=S)N(c2ccc(C)cc2)C1. The molecule has 18 heavy (non-hydrogen) atoms. The number of anilines is 1. The summed E-state index contributed by atoms with van der Waals surface area (Å²) in [5.74, 6) is 0. The van der Waals surface area contributed by atoms with Gasteiger partial charge in [0.2, 0.25) is 0 Å². The molecule has 0 aliphatic carbocycles. The minimum Gasteiger partial charge on any atom is -0.349 e. The van der Waals surface area contributed by atoms with Crippen LogP contribution in [0.4, 0.5) is 5.69 Å². The van der Waals surface area contributed by atoms with Crippen molar-refractivity contribution >= 4 is 23.0 Å². The topological polar surface area (TPSA) is 18.5 Å². The van der Waals surface area contributed by atoms with E-state index in [1.54, 1.807) is 0 Å². The summed E-state index contributed by atoms with van der Waals surface area (Å²) in [5, 5.41) is 4.11. The summed E-state index contributed by atoms with van der Waals surface area (Å²) < 4.78 is 0. The zero-order valence-electron chi connectivity index (χ0n) is 11.1. The highest BCUT2D eigenvalue weighted by atomic mass is 32.1. The molecule has 0 saturated carbocycles. The van der Waals surface area contributed by atoms with Gasteiger partial charge >= 0.3 is 0 Å². The van der Waals surface area contributed by atoms with Crippen molar-refractivity contribution in [1.82, 2.24) is 10.2 Å². The number of hydrogen-bond acceptors (Lipinski definition) is 2. The molecule has 1 aliphatic rings. The molecule has 1 aromatic carbocycles. The molecule has 0 spiro atoms. The quantitative estimate of drug-likeness (QED) is 0.842. The lowest BCUT2D eigenvalue weighted by Crippen LogP contribution is -2.56. The molecule has 3 nitrogen and oxygen atoms in total. The van der Waals surface area contributed by atoms with Gasteiger partial charge in [-0.1, -0.05) is 31.0 Å². The first-order valence-corrected chi connectivity index (χ1v) is 6.96. The van der Waals surface area contributed by atoms with E-state index in [9.17, 15) is 0 Å². The molecule has 1 aromatic rings. The van der Waals surface area contributed by atoms with Crippen molar-refractivity contribution in [1.29, 1.82) is 0 Å². The molecule has 0 amide bonds. The Balaban J connectivity index is 2.05. The summed E-state index contributed by atoms with van der Waals surface area (Å²) in [6, 6.07) is 8.52. The van der Waals surface area contributed by atoms with Crippen molar-refractivity contribution in [2.75, 3.05) is 24.8 Å². The van der Waals surface area contributed by atoms with Gasteiger partial charge < -0.3 is 10.2 Å². The summed E-state index contributed by atoms with van der Waals surface area (Å²) in [6.45, 7) is 7.19. The van der Waals surface area contributed by atoms with Crippen molar-refractivity contribution in [2.24, 2.45) is 0 Å². The standard InChI is InChI=1S/C14H21N3S/c1-3-4-9-16-10-15-14(18)17(11-16)13-7-5-12(2)6-8-13/h5-8H,3-4,9-11H2,1-2H3,(H,15,18). The van der Waals surface area contributed by atoms with Crippen LogP contribution in [-0.2, 0) is 0 Å². The lowest BCUT2D eigenvalue weighted by molar-refractivity contribution is 0.257. The molecular formula is C14H21N3S. The maximum Gasteiger partial charge on any atom is 0.175 e. The second-order valence-corrected chi connectivity index (χ2v) is 5.18. The van der Waals surface area contributed by atoms with Crippen molar-refractivity contribution in [3.05, 3.63) is 29.8 Å². The molecule has 0 atom stereocenters. The molecule has 4 heteroatoms. The van der Waals surface area contributed by atoms with Gasteiger partial charge in [-0.05, 0) is 37.7 Å². The van der Waals surface area contributed by atoms with Gasteiger partial charge in [-0.3, -0.25) is 4.90 Å². The maximum atomic E-state index is 5.40. The number of unbranched alkanes of at least 4 members (excludes halogenated alkanes) is 1. The molecule has 1 aliphatic heterocycles. The summed E-state index contributed by atoms with van der Waals surface area (Å²) in [6.07, 6.45) is 2.46. The highest BCUT2D eigenvalue weighted by Gasteiger charge is 2.20. The van der Waals surface area contributed by atoms with Crippen molar-refractivity contribution in [3.8, 4) is 0 Å². The van der Waals surface area contributed by atoms with Gasteiger partial charge in [-0.15, -0.1) is 0 Å². The Morgan fingerprint density at radius 1 is 1.28 bits per heavy atom. The highest BCUT2D eigenvalue weighted by Crippen LogP contribution is 2.17. The molecule has 0 unspecified atom stereocenters. The predicted octanol–water partition coefficient (Wildman–Crippen LogP) is 2.71. The maximum absolute atomic E-state index is 5.40. The summed E-state index contributed by atoms with van der Waals surface area (Å²) >= 11 is 5.40. The molecule has 0 aromatic heterocycles. The van der Waals surface area contributed by atoms with E-state index in [0.29, 0.717) is 0 Å². The number of nitrogens with zero attached hydrogens (tertiary/aromatic N) is 2. The van der Waals surface area contributed by atoms with E-state index in [0.717, 1.165) is 25.0 Å². The third kappa shape index (κ3) is 3.21. The smallest absolute Gasteiger partial charge is 0.175 e. The summed E-state index contributed by atoms with van der Waals surface area (Å²) in [5.41, 5.74) is 2.44. The predicted molar refractivity (Wildman–Crippen MR) is 80.7 cm³/mol. The van der Waals surface area contributed by atoms with Gasteiger partial charge in [-0.25, -0.2) is 0 Å². The Morgan fingerprint density at radius 3 is 2.67 bits per heavy atom. The van der Waals surface area contributed by atoms with E-state index in [1.165, 1.54) is 24.1 Å². The minimum absolute atomic E-state index is 0.826. The Labute approximate surface area is 115 Å². The minimum atomic E-state index is 0.826. The zero-order valence-corrected chi connectivity index (χ0v) is 12.0. The summed E-state index contributed by atoms with van der Waals surface area (Å²) in [4.78, 5) is 4.55. The first-order valence-electron chi connectivity index (χ1n) is 6.55. The van der Waals surface area contributed by atoms with Gasteiger partial charge in [0, 0.05) is 12.2 Å². The molecule has 0 bridgehead atoms. The van der Waals surface area contributed by atoms with Gasteiger partial charge in [0.05, 0.1) is 13.3 Å². The molecule has 98 valence electrons. The third-order valence-corrected chi connectivity index (χ3v) is 3.58. The van der Waals surface area contributed by atoms with Crippen LogP contribution in [0.2, 0.25) is 0 Å². The van der Waals surface area contributed by atoms with E-state index in [2.05, 4.69) is 53.2 Å². The van der Waals surface area contributed by atoms with E-state index in [1.807, 2.05) is 0 Å². The van der Waals surface area contributed by atoms with Crippen LogP contribution in [0.3, 0.4) is 0 Å². The van der Waals surface area contributed by atoms with E-state index in [4.69, 9.17) is 12.2 Å². The molecule has 1 fully saturated rings. The van der Waals surface area contributed by atoms with Crippen LogP contribution in [0.15, 0.2) is 24.3 Å². The molecule has 0 radical (unpaired) electrons. The third-order valence-electron chi connectivity index (χ3n) is 3.21. The Hall–Kier alpha value is -1.13.